The first-order chi connectivity index (χ1) is 15.8. The molecule has 1 N–H and O–H groups in total. The Kier molecular flexibility index (Phi) is 6.63. The third-order valence-corrected chi connectivity index (χ3v) is 7.68. The van der Waals surface area contributed by atoms with E-state index >= 15 is 0 Å². The number of halogens is 1. The van der Waals surface area contributed by atoms with Crippen LogP contribution in [0.25, 0.3) is 0 Å². The van der Waals surface area contributed by atoms with E-state index in [9.17, 15) is 13.2 Å². The van der Waals surface area contributed by atoms with Crippen LogP contribution in [0.2, 0.25) is 5.02 Å². The standard InChI is InChI=1S/C25H25ClN2O4S/c1-3-21(18-10-8-17(2)9-11-18)27-25(29)24-16-28(22-6-4-5-7-23(22)32-24)33(30,31)20-14-12-19(26)13-15-20/h4-15,21,24H,3,16H2,1-2H3,(H,27,29)/t21-,24+/m0/s1. The summed E-state index contributed by atoms with van der Waals surface area (Å²) in [6.45, 7) is 3.85. The summed E-state index contributed by atoms with van der Waals surface area (Å²) in [7, 11) is -3.93. The van der Waals surface area contributed by atoms with Crippen LogP contribution in [0.15, 0.2) is 77.7 Å². The molecular weight excluding hydrogens is 460 g/mol. The van der Waals surface area contributed by atoms with E-state index in [-0.39, 0.29) is 23.4 Å². The number of nitrogens with zero attached hydrogens (tertiary/aromatic N) is 1. The summed E-state index contributed by atoms with van der Waals surface area (Å²) in [6.07, 6.45) is -0.313. The average Bonchev–Trinajstić information content (AvgIpc) is 2.82. The quantitative estimate of drug-likeness (QED) is 0.541. The zero-order valence-corrected chi connectivity index (χ0v) is 19.9. The number of amides is 1. The second kappa shape index (κ2) is 9.45. The molecule has 0 bridgehead atoms. The van der Waals surface area contributed by atoms with Gasteiger partial charge in [-0.2, -0.15) is 0 Å². The van der Waals surface area contributed by atoms with Gasteiger partial charge in [0.05, 0.1) is 23.2 Å². The maximum absolute atomic E-state index is 13.5. The van der Waals surface area contributed by atoms with Crippen LogP contribution in [-0.2, 0) is 14.8 Å². The smallest absolute Gasteiger partial charge is 0.264 e. The molecule has 0 radical (unpaired) electrons. The third kappa shape index (κ3) is 4.84. The van der Waals surface area contributed by atoms with Crippen LogP contribution in [0.5, 0.6) is 5.75 Å². The first-order valence-electron chi connectivity index (χ1n) is 10.7. The number of carbonyl (C=O) groups is 1. The normalized spacial score (nSPS) is 16.5. The lowest BCUT2D eigenvalue weighted by Gasteiger charge is -2.35. The fraction of sp³-hybridized carbons (Fsp3) is 0.240. The summed E-state index contributed by atoms with van der Waals surface area (Å²) in [4.78, 5) is 13.3. The van der Waals surface area contributed by atoms with Crippen molar-refractivity contribution in [1.82, 2.24) is 5.32 Å². The summed E-state index contributed by atoms with van der Waals surface area (Å²) in [6, 6.07) is 20.5. The molecule has 3 aromatic carbocycles. The van der Waals surface area contributed by atoms with Crippen molar-refractivity contribution in [1.29, 1.82) is 0 Å². The zero-order valence-electron chi connectivity index (χ0n) is 18.4. The fourth-order valence-electron chi connectivity index (χ4n) is 3.78. The van der Waals surface area contributed by atoms with Gasteiger partial charge >= 0.3 is 0 Å². The molecule has 0 unspecified atom stereocenters. The SMILES string of the molecule is CC[C@H](NC(=O)[C@H]1CN(S(=O)(=O)c2ccc(Cl)cc2)c2ccccc2O1)c1ccc(C)cc1. The van der Waals surface area contributed by atoms with E-state index in [0.717, 1.165) is 11.1 Å². The minimum absolute atomic E-state index is 0.0915. The summed E-state index contributed by atoms with van der Waals surface area (Å²) >= 11 is 5.93. The van der Waals surface area contributed by atoms with Gasteiger partial charge in [0.15, 0.2) is 6.10 Å². The number of hydrogen-bond acceptors (Lipinski definition) is 4. The summed E-state index contributed by atoms with van der Waals surface area (Å²) in [5.74, 6) is -0.0296. The first kappa shape index (κ1) is 23.1. The molecule has 172 valence electrons. The number of rotatable bonds is 6. The van der Waals surface area contributed by atoms with Crippen LogP contribution < -0.4 is 14.4 Å². The second-order valence-corrected chi connectivity index (χ2v) is 10.2. The van der Waals surface area contributed by atoms with Crippen LogP contribution in [0.4, 0.5) is 5.69 Å². The molecule has 8 heteroatoms. The van der Waals surface area contributed by atoms with Crippen molar-refractivity contribution < 1.29 is 17.9 Å². The highest BCUT2D eigenvalue weighted by Gasteiger charge is 2.38. The van der Waals surface area contributed by atoms with Crippen molar-refractivity contribution in [2.45, 2.75) is 37.3 Å². The van der Waals surface area contributed by atoms with Crippen molar-refractivity contribution in [3.63, 3.8) is 0 Å². The molecule has 0 saturated carbocycles. The Morgan fingerprint density at radius 3 is 2.42 bits per heavy atom. The van der Waals surface area contributed by atoms with Crippen LogP contribution in [-0.4, -0.2) is 27.0 Å². The molecule has 33 heavy (non-hydrogen) atoms. The Morgan fingerprint density at radius 1 is 1.09 bits per heavy atom. The van der Waals surface area contributed by atoms with Gasteiger partial charge in [0.25, 0.3) is 15.9 Å². The molecule has 1 aliphatic heterocycles. The monoisotopic (exact) mass is 484 g/mol. The molecule has 3 aromatic rings. The van der Waals surface area contributed by atoms with Gasteiger partial charge in [-0.15, -0.1) is 0 Å². The number of aryl methyl sites for hydroxylation is 1. The van der Waals surface area contributed by atoms with E-state index in [2.05, 4.69) is 5.32 Å². The van der Waals surface area contributed by atoms with Crippen LogP contribution in [0, 0.1) is 6.92 Å². The van der Waals surface area contributed by atoms with Gasteiger partial charge in [-0.1, -0.05) is 60.5 Å². The van der Waals surface area contributed by atoms with Gasteiger partial charge in [-0.05, 0) is 55.3 Å². The maximum Gasteiger partial charge on any atom is 0.264 e. The number of ether oxygens (including phenoxy) is 1. The lowest BCUT2D eigenvalue weighted by atomic mass is 10.0. The molecule has 0 spiro atoms. The highest BCUT2D eigenvalue weighted by Crippen LogP contribution is 2.37. The minimum atomic E-state index is -3.93. The van der Waals surface area contributed by atoms with Gasteiger partial charge in [-0.25, -0.2) is 8.42 Å². The molecule has 4 rings (SSSR count). The van der Waals surface area contributed by atoms with Crippen molar-refractivity contribution >= 4 is 33.2 Å². The van der Waals surface area contributed by atoms with Crippen molar-refractivity contribution in [3.8, 4) is 5.75 Å². The van der Waals surface area contributed by atoms with E-state index in [1.807, 2.05) is 38.1 Å². The number of sulfonamides is 1. The molecule has 0 aromatic heterocycles. The number of fused-ring (bicyclic) bond motifs is 1. The van der Waals surface area contributed by atoms with E-state index in [1.54, 1.807) is 24.3 Å². The predicted octanol–water partition coefficient (Wildman–Crippen LogP) is 4.87. The molecule has 1 aliphatic rings. The number of carbonyl (C=O) groups excluding carboxylic acids is 1. The van der Waals surface area contributed by atoms with Gasteiger partial charge in [0.2, 0.25) is 0 Å². The van der Waals surface area contributed by atoms with E-state index < -0.39 is 16.1 Å². The second-order valence-electron chi connectivity index (χ2n) is 7.94. The number of nitrogens with one attached hydrogen (secondary N) is 1. The van der Waals surface area contributed by atoms with Crippen LogP contribution in [0.1, 0.15) is 30.5 Å². The van der Waals surface area contributed by atoms with Crippen LogP contribution >= 0.6 is 11.6 Å². The Labute approximate surface area is 199 Å². The molecule has 0 fully saturated rings. The van der Waals surface area contributed by atoms with E-state index in [4.69, 9.17) is 16.3 Å². The van der Waals surface area contributed by atoms with Crippen molar-refractivity contribution in [2.75, 3.05) is 10.8 Å². The summed E-state index contributed by atoms with van der Waals surface area (Å²) in [5.41, 5.74) is 2.51. The lowest BCUT2D eigenvalue weighted by Crippen LogP contribution is -2.51. The fourth-order valence-corrected chi connectivity index (χ4v) is 5.39. The topological polar surface area (TPSA) is 75.7 Å². The predicted molar refractivity (Wildman–Crippen MR) is 129 cm³/mol. The van der Waals surface area contributed by atoms with E-state index in [0.29, 0.717) is 22.9 Å². The summed E-state index contributed by atoms with van der Waals surface area (Å²) < 4.78 is 34.1. The number of anilines is 1. The van der Waals surface area contributed by atoms with Gasteiger partial charge in [0, 0.05) is 5.02 Å². The molecule has 0 aliphatic carbocycles. The Hall–Kier alpha value is -3.03. The van der Waals surface area contributed by atoms with Crippen molar-refractivity contribution in [3.05, 3.63) is 88.9 Å². The van der Waals surface area contributed by atoms with Crippen molar-refractivity contribution in [2.24, 2.45) is 0 Å². The van der Waals surface area contributed by atoms with Crippen LogP contribution in [0.3, 0.4) is 0 Å². The lowest BCUT2D eigenvalue weighted by molar-refractivity contribution is -0.128. The Bertz CT molecular complexity index is 1240. The molecule has 0 saturated heterocycles. The first-order valence-corrected chi connectivity index (χ1v) is 12.5. The minimum Gasteiger partial charge on any atom is -0.476 e. The molecule has 1 heterocycles. The van der Waals surface area contributed by atoms with Gasteiger partial charge in [-0.3, -0.25) is 9.10 Å². The Morgan fingerprint density at radius 2 is 1.76 bits per heavy atom. The number of para-hydroxylation sites is 2. The highest BCUT2D eigenvalue weighted by molar-refractivity contribution is 7.92. The largest absolute Gasteiger partial charge is 0.476 e. The summed E-state index contributed by atoms with van der Waals surface area (Å²) in [5, 5.41) is 3.46. The highest BCUT2D eigenvalue weighted by atomic mass is 35.5. The Balaban J connectivity index is 1.62. The molecular formula is C25H25ClN2O4S. The molecule has 2 atom stereocenters. The number of hydrogen-bond donors (Lipinski definition) is 1. The zero-order chi connectivity index (χ0) is 23.6. The van der Waals surface area contributed by atoms with Gasteiger partial charge < -0.3 is 10.1 Å². The maximum atomic E-state index is 13.5. The molecule has 6 nitrogen and oxygen atoms in total. The van der Waals surface area contributed by atoms with Gasteiger partial charge in [0.1, 0.15) is 5.75 Å². The van der Waals surface area contributed by atoms with E-state index in [1.165, 1.54) is 28.6 Å². The molecule has 1 amide bonds. The number of benzene rings is 3. The third-order valence-electron chi connectivity index (χ3n) is 5.63. The average molecular weight is 485 g/mol.